The molecule has 2 amide bonds. The Kier molecular flexibility index (Phi) is 7.26. The van der Waals surface area contributed by atoms with Crippen molar-refractivity contribution in [2.75, 3.05) is 11.9 Å². The van der Waals surface area contributed by atoms with Crippen LogP contribution in [0.1, 0.15) is 41.0 Å². The van der Waals surface area contributed by atoms with Crippen molar-refractivity contribution in [3.63, 3.8) is 0 Å². The van der Waals surface area contributed by atoms with Crippen LogP contribution in [0.5, 0.6) is 5.75 Å². The molecule has 30 heavy (non-hydrogen) atoms. The van der Waals surface area contributed by atoms with Gasteiger partial charge in [-0.25, -0.2) is 4.98 Å². The first-order valence-corrected chi connectivity index (χ1v) is 9.28. The quantitative estimate of drug-likeness (QED) is 0.632. The number of ether oxygens (including phenoxy) is 1. The number of hydrogen-bond donors (Lipinski definition) is 2. The molecule has 0 unspecified atom stereocenters. The highest BCUT2D eigenvalue weighted by atomic mass is 19.3. The average Bonchev–Trinajstić information content (AvgIpc) is 2.64. The van der Waals surface area contributed by atoms with E-state index in [4.69, 9.17) is 4.74 Å². The third kappa shape index (κ3) is 6.37. The van der Waals surface area contributed by atoms with E-state index in [0.29, 0.717) is 28.4 Å². The predicted octanol–water partition coefficient (Wildman–Crippen LogP) is 4.18. The lowest BCUT2D eigenvalue weighted by Crippen LogP contribution is -2.26. The van der Waals surface area contributed by atoms with E-state index in [1.165, 1.54) is 19.9 Å². The lowest BCUT2D eigenvalue weighted by atomic mass is 10.1. The standard InChI is InChI=1S/C22H25F2N3O3/c1-13(2)22(23,24)12-30-19-7-6-17(8-14(19)3)11-25-21(29)18-9-15(4)26-20(10-18)27-16(5)28/h6-10H,1,11-12H2,2-5H3,(H,25,29)(H,26,27,28). The molecule has 0 saturated heterocycles. The Morgan fingerprint density at radius 3 is 2.47 bits per heavy atom. The Labute approximate surface area is 174 Å². The third-order valence-corrected chi connectivity index (χ3v) is 4.25. The summed E-state index contributed by atoms with van der Waals surface area (Å²) in [7, 11) is 0. The summed E-state index contributed by atoms with van der Waals surface area (Å²) in [5, 5.41) is 5.34. The van der Waals surface area contributed by atoms with Crippen LogP contribution >= 0.6 is 0 Å². The Balaban J connectivity index is 2.02. The Hall–Kier alpha value is -3.29. The fraction of sp³-hybridized carbons (Fsp3) is 0.318. The second-order valence-electron chi connectivity index (χ2n) is 7.12. The van der Waals surface area contributed by atoms with E-state index in [2.05, 4.69) is 22.2 Å². The van der Waals surface area contributed by atoms with Crippen LogP contribution in [-0.4, -0.2) is 29.3 Å². The summed E-state index contributed by atoms with van der Waals surface area (Å²) >= 11 is 0. The molecule has 1 heterocycles. The summed E-state index contributed by atoms with van der Waals surface area (Å²) < 4.78 is 32.5. The predicted molar refractivity (Wildman–Crippen MR) is 111 cm³/mol. The van der Waals surface area contributed by atoms with Gasteiger partial charge in [0.05, 0.1) is 0 Å². The molecule has 0 spiro atoms. The number of nitrogens with zero attached hydrogens (tertiary/aromatic N) is 1. The van der Waals surface area contributed by atoms with E-state index in [9.17, 15) is 18.4 Å². The topological polar surface area (TPSA) is 80.3 Å². The van der Waals surface area contributed by atoms with E-state index in [0.717, 1.165) is 5.56 Å². The summed E-state index contributed by atoms with van der Waals surface area (Å²) in [4.78, 5) is 27.8. The molecule has 0 radical (unpaired) electrons. The number of benzene rings is 1. The van der Waals surface area contributed by atoms with Gasteiger partial charge in [0, 0.05) is 24.7 Å². The summed E-state index contributed by atoms with van der Waals surface area (Å²) in [6.07, 6.45) is 0. The number of rotatable bonds is 8. The van der Waals surface area contributed by atoms with Crippen LogP contribution in [0.3, 0.4) is 0 Å². The highest BCUT2D eigenvalue weighted by molar-refractivity contribution is 5.96. The minimum atomic E-state index is -3.10. The number of hydrogen-bond acceptors (Lipinski definition) is 4. The number of amides is 2. The molecule has 0 aliphatic carbocycles. The number of halogens is 2. The van der Waals surface area contributed by atoms with Gasteiger partial charge in [0.15, 0.2) is 6.61 Å². The first-order chi connectivity index (χ1) is 14.0. The zero-order chi connectivity index (χ0) is 22.5. The molecule has 1 aromatic heterocycles. The first kappa shape index (κ1) is 23.0. The van der Waals surface area contributed by atoms with Gasteiger partial charge in [0.25, 0.3) is 5.91 Å². The zero-order valence-electron chi connectivity index (χ0n) is 17.4. The van der Waals surface area contributed by atoms with Crippen LogP contribution in [0.15, 0.2) is 42.5 Å². The van der Waals surface area contributed by atoms with Crippen molar-refractivity contribution >= 4 is 17.6 Å². The number of carbonyl (C=O) groups is 2. The SMILES string of the molecule is C=C(C)C(F)(F)COc1ccc(CNC(=O)c2cc(C)nc(NC(C)=O)c2)cc1C. The molecule has 0 aliphatic rings. The number of carbonyl (C=O) groups excluding carboxylic acids is 2. The summed E-state index contributed by atoms with van der Waals surface area (Å²) in [6.45, 7) is 8.81. The van der Waals surface area contributed by atoms with Gasteiger partial charge in [-0.3, -0.25) is 9.59 Å². The number of aromatic nitrogens is 1. The number of alkyl halides is 2. The van der Waals surface area contributed by atoms with Crippen LogP contribution in [0, 0.1) is 13.8 Å². The molecule has 8 heteroatoms. The van der Waals surface area contributed by atoms with Gasteiger partial charge >= 0.3 is 5.92 Å². The molecule has 0 aliphatic heterocycles. The van der Waals surface area contributed by atoms with E-state index in [-0.39, 0.29) is 23.9 Å². The van der Waals surface area contributed by atoms with Gasteiger partial charge in [-0.15, -0.1) is 0 Å². The largest absolute Gasteiger partial charge is 0.487 e. The number of anilines is 1. The summed E-state index contributed by atoms with van der Waals surface area (Å²) in [5.41, 5.74) is 2.16. The highest BCUT2D eigenvalue weighted by Crippen LogP contribution is 2.26. The molecule has 1 aromatic carbocycles. The molecular formula is C22H25F2N3O3. The van der Waals surface area contributed by atoms with Crippen LogP contribution < -0.4 is 15.4 Å². The maximum Gasteiger partial charge on any atom is 0.302 e. The van der Waals surface area contributed by atoms with Crippen molar-refractivity contribution in [2.45, 2.75) is 40.2 Å². The van der Waals surface area contributed by atoms with Crippen LogP contribution in [-0.2, 0) is 11.3 Å². The van der Waals surface area contributed by atoms with Gasteiger partial charge in [0.1, 0.15) is 11.6 Å². The fourth-order valence-corrected chi connectivity index (χ4v) is 2.60. The molecule has 6 nitrogen and oxygen atoms in total. The highest BCUT2D eigenvalue weighted by Gasteiger charge is 2.31. The zero-order valence-corrected chi connectivity index (χ0v) is 17.4. The van der Waals surface area contributed by atoms with Gasteiger partial charge in [-0.05, 0) is 55.7 Å². The van der Waals surface area contributed by atoms with E-state index in [1.54, 1.807) is 38.1 Å². The first-order valence-electron chi connectivity index (χ1n) is 9.28. The van der Waals surface area contributed by atoms with Crippen LogP contribution in [0.2, 0.25) is 0 Å². The van der Waals surface area contributed by atoms with E-state index >= 15 is 0 Å². The molecule has 160 valence electrons. The lowest BCUT2D eigenvalue weighted by Gasteiger charge is -2.18. The summed E-state index contributed by atoms with van der Waals surface area (Å²) in [5.74, 6) is -3.06. The van der Waals surface area contributed by atoms with Gasteiger partial charge in [-0.2, -0.15) is 8.78 Å². The number of aryl methyl sites for hydroxylation is 2. The van der Waals surface area contributed by atoms with Crippen LogP contribution in [0.4, 0.5) is 14.6 Å². The maximum atomic E-state index is 13.6. The van der Waals surface area contributed by atoms with Crippen molar-refractivity contribution in [3.05, 3.63) is 64.9 Å². The average molecular weight is 417 g/mol. The molecule has 2 N–H and O–H groups in total. The number of nitrogens with one attached hydrogen (secondary N) is 2. The fourth-order valence-electron chi connectivity index (χ4n) is 2.60. The third-order valence-electron chi connectivity index (χ3n) is 4.25. The second-order valence-corrected chi connectivity index (χ2v) is 7.12. The van der Waals surface area contributed by atoms with Crippen LogP contribution in [0.25, 0.3) is 0 Å². The maximum absolute atomic E-state index is 13.6. The normalized spacial score (nSPS) is 11.0. The molecular weight excluding hydrogens is 392 g/mol. The van der Waals surface area contributed by atoms with Crippen molar-refractivity contribution < 1.29 is 23.1 Å². The minimum absolute atomic E-state index is 0.235. The van der Waals surface area contributed by atoms with Crippen molar-refractivity contribution in [2.24, 2.45) is 0 Å². The Morgan fingerprint density at radius 2 is 1.87 bits per heavy atom. The van der Waals surface area contributed by atoms with Crippen molar-refractivity contribution in [1.82, 2.24) is 10.3 Å². The van der Waals surface area contributed by atoms with Gasteiger partial charge < -0.3 is 15.4 Å². The number of pyridine rings is 1. The molecule has 2 rings (SSSR count). The van der Waals surface area contributed by atoms with E-state index in [1.807, 2.05) is 0 Å². The van der Waals surface area contributed by atoms with Crippen molar-refractivity contribution in [3.8, 4) is 5.75 Å². The molecule has 0 atom stereocenters. The van der Waals surface area contributed by atoms with E-state index < -0.39 is 12.5 Å². The Bertz CT molecular complexity index is 974. The Morgan fingerprint density at radius 1 is 1.17 bits per heavy atom. The monoisotopic (exact) mass is 417 g/mol. The second kappa shape index (κ2) is 9.47. The smallest absolute Gasteiger partial charge is 0.302 e. The van der Waals surface area contributed by atoms with Gasteiger partial charge in [-0.1, -0.05) is 18.7 Å². The van der Waals surface area contributed by atoms with Crippen molar-refractivity contribution in [1.29, 1.82) is 0 Å². The molecule has 2 aromatic rings. The lowest BCUT2D eigenvalue weighted by molar-refractivity contribution is -0.114. The minimum Gasteiger partial charge on any atom is -0.487 e. The molecule has 0 fully saturated rings. The molecule has 0 bridgehead atoms. The van der Waals surface area contributed by atoms with Gasteiger partial charge in [0.2, 0.25) is 5.91 Å². The molecule has 0 saturated carbocycles. The summed E-state index contributed by atoms with van der Waals surface area (Å²) in [6, 6.07) is 8.16.